The molecule has 1 fully saturated rings. The summed E-state index contributed by atoms with van der Waals surface area (Å²) in [6.45, 7) is 8.65. The summed E-state index contributed by atoms with van der Waals surface area (Å²) in [7, 11) is 3.58. The maximum atomic E-state index is 12.6. The molecule has 10 heteroatoms. The average molecular weight is 516 g/mol. The van der Waals surface area contributed by atoms with Gasteiger partial charge in [0.2, 0.25) is 11.8 Å². The Kier molecular flexibility index (Phi) is 9.08. The van der Waals surface area contributed by atoms with Gasteiger partial charge in [-0.15, -0.1) is 11.3 Å². The van der Waals surface area contributed by atoms with Crippen LogP contribution in [-0.2, 0) is 29.0 Å². The third-order valence-electron chi connectivity index (χ3n) is 5.76. The summed E-state index contributed by atoms with van der Waals surface area (Å²) in [4.78, 5) is 45.9. The number of hydrogen-bond acceptors (Lipinski definition) is 7. The van der Waals surface area contributed by atoms with Crippen molar-refractivity contribution in [2.45, 2.75) is 71.5 Å². The molecule has 2 aromatic rings. The molecule has 1 atom stereocenters. The van der Waals surface area contributed by atoms with E-state index in [1.165, 1.54) is 18.3 Å². The number of aryl methyl sites for hydroxylation is 2. The van der Waals surface area contributed by atoms with Gasteiger partial charge >= 0.3 is 6.09 Å². The van der Waals surface area contributed by atoms with E-state index in [4.69, 9.17) is 9.72 Å². The minimum atomic E-state index is -0.485. The van der Waals surface area contributed by atoms with Crippen molar-refractivity contribution in [3.05, 3.63) is 40.4 Å². The first-order valence-electron chi connectivity index (χ1n) is 12.2. The summed E-state index contributed by atoms with van der Waals surface area (Å²) in [5.74, 6) is 0.447. The maximum absolute atomic E-state index is 12.6. The molecule has 1 aromatic carbocycles. The summed E-state index contributed by atoms with van der Waals surface area (Å²) >= 11 is 1.47. The Balaban J connectivity index is 1.67. The molecule has 36 heavy (non-hydrogen) atoms. The third-order valence-corrected chi connectivity index (χ3v) is 6.76. The molecule has 1 aliphatic rings. The smallest absolute Gasteiger partial charge is 0.410 e. The number of ether oxygens (including phenoxy) is 1. The number of likely N-dealkylation sites (N-methyl/N-ethyl adjacent to an activating group) is 1. The summed E-state index contributed by atoms with van der Waals surface area (Å²) in [6, 6.07) is 7.31. The van der Waals surface area contributed by atoms with Gasteiger partial charge in [0.15, 0.2) is 5.13 Å². The molecule has 9 nitrogen and oxygen atoms in total. The number of carbonyl (C=O) groups excluding carboxylic acids is 3. The highest BCUT2D eigenvalue weighted by molar-refractivity contribution is 7.15. The number of likely N-dealkylation sites (tertiary alicyclic amines) is 1. The Hall–Kier alpha value is -2.98. The van der Waals surface area contributed by atoms with Crippen LogP contribution in [0.2, 0.25) is 0 Å². The summed E-state index contributed by atoms with van der Waals surface area (Å²) in [5, 5.41) is 6.15. The van der Waals surface area contributed by atoms with E-state index in [0.29, 0.717) is 23.8 Å². The van der Waals surface area contributed by atoms with Crippen LogP contribution in [0.4, 0.5) is 9.93 Å². The van der Waals surface area contributed by atoms with Gasteiger partial charge in [0.05, 0.1) is 11.7 Å². The molecule has 1 saturated heterocycles. The van der Waals surface area contributed by atoms with Crippen LogP contribution in [0.5, 0.6) is 5.75 Å². The molecule has 2 N–H and O–H groups in total. The number of nitrogens with zero attached hydrogens (tertiary/aromatic N) is 3. The molecule has 2 heterocycles. The second kappa shape index (κ2) is 11.8. The van der Waals surface area contributed by atoms with E-state index in [9.17, 15) is 14.4 Å². The highest BCUT2D eigenvalue weighted by Crippen LogP contribution is 2.29. The zero-order chi connectivity index (χ0) is 26.5. The van der Waals surface area contributed by atoms with Gasteiger partial charge in [-0.3, -0.25) is 14.5 Å². The molecular formula is C26H37N5O4S. The predicted molar refractivity (Wildman–Crippen MR) is 141 cm³/mol. The van der Waals surface area contributed by atoms with Gasteiger partial charge in [-0.1, -0.05) is 12.1 Å². The lowest BCUT2D eigenvalue weighted by molar-refractivity contribution is -0.133. The van der Waals surface area contributed by atoms with E-state index in [2.05, 4.69) is 15.5 Å². The normalized spacial score (nSPS) is 16.0. The van der Waals surface area contributed by atoms with E-state index < -0.39 is 6.09 Å². The fourth-order valence-corrected chi connectivity index (χ4v) is 5.19. The van der Waals surface area contributed by atoms with Crippen molar-refractivity contribution in [2.75, 3.05) is 26.0 Å². The molecule has 196 valence electrons. The minimum Gasteiger partial charge on any atom is -0.410 e. The fourth-order valence-electron chi connectivity index (χ4n) is 4.11. The van der Waals surface area contributed by atoms with Crippen LogP contribution in [0.1, 0.15) is 56.7 Å². The number of nitrogens with one attached hydrogen (secondary N) is 2. The van der Waals surface area contributed by atoms with E-state index in [0.717, 1.165) is 41.9 Å². The summed E-state index contributed by atoms with van der Waals surface area (Å²) in [5.41, 5.74) is 1.64. The predicted octanol–water partition coefficient (Wildman–Crippen LogP) is 3.83. The quantitative estimate of drug-likeness (QED) is 0.554. The Morgan fingerprint density at radius 1 is 1.17 bits per heavy atom. The summed E-state index contributed by atoms with van der Waals surface area (Å²) in [6.07, 6.45) is 2.78. The molecule has 3 rings (SSSR count). The molecule has 1 aliphatic heterocycles. The molecule has 0 aliphatic carbocycles. The van der Waals surface area contributed by atoms with Gasteiger partial charge in [-0.25, -0.2) is 9.78 Å². The molecule has 0 unspecified atom stereocenters. The van der Waals surface area contributed by atoms with E-state index >= 15 is 0 Å². The zero-order valence-corrected chi connectivity index (χ0v) is 22.8. The van der Waals surface area contributed by atoms with E-state index in [1.807, 2.05) is 32.9 Å². The van der Waals surface area contributed by atoms with Crippen molar-refractivity contribution in [3.63, 3.8) is 0 Å². The first-order valence-corrected chi connectivity index (χ1v) is 13.0. The standard InChI is InChI=1S/C26H37N5O4S/c1-17(32)27-24-28-20(22(36-24)16-31-15-7-8-21(31)23(33)30(5)6)14-11-18-9-12-19(13-10-18)35-25(34)29-26(2,3)4/h9-10,12-13,21H,7-8,11,14-16H2,1-6H3,(H,29,34)(H,27,28,32)/t21-/m0/s1. The molecule has 1 aromatic heterocycles. The van der Waals surface area contributed by atoms with E-state index in [-0.39, 0.29) is 23.4 Å². The van der Waals surface area contributed by atoms with Crippen molar-refractivity contribution in [2.24, 2.45) is 0 Å². The first-order chi connectivity index (χ1) is 16.9. The number of anilines is 1. The Labute approximate surface area is 217 Å². The van der Waals surface area contributed by atoms with Crippen LogP contribution in [-0.4, -0.2) is 64.9 Å². The van der Waals surface area contributed by atoms with E-state index in [1.54, 1.807) is 31.1 Å². The first kappa shape index (κ1) is 27.6. The lowest BCUT2D eigenvalue weighted by Gasteiger charge is -2.25. The maximum Gasteiger partial charge on any atom is 0.413 e. The second-order valence-corrected chi connectivity index (χ2v) is 11.4. The lowest BCUT2D eigenvalue weighted by atomic mass is 10.1. The van der Waals surface area contributed by atoms with Gasteiger partial charge in [0.1, 0.15) is 5.75 Å². The topological polar surface area (TPSA) is 104 Å². The van der Waals surface area contributed by atoms with Crippen LogP contribution < -0.4 is 15.4 Å². The number of rotatable bonds is 8. The number of aromatic nitrogens is 1. The molecule has 0 radical (unpaired) electrons. The van der Waals surface area contributed by atoms with Crippen LogP contribution in [0.3, 0.4) is 0 Å². The van der Waals surface area contributed by atoms with Crippen LogP contribution >= 0.6 is 11.3 Å². The lowest BCUT2D eigenvalue weighted by Crippen LogP contribution is -2.42. The minimum absolute atomic E-state index is 0.123. The number of benzene rings is 1. The second-order valence-electron chi connectivity index (χ2n) is 10.3. The Bertz CT molecular complexity index is 1070. The molecule has 3 amide bonds. The number of amides is 3. The largest absolute Gasteiger partial charge is 0.413 e. The van der Waals surface area contributed by atoms with Gasteiger partial charge in [-0.2, -0.15) is 0 Å². The van der Waals surface area contributed by atoms with Gasteiger partial charge < -0.3 is 20.3 Å². The van der Waals surface area contributed by atoms with Crippen molar-refractivity contribution >= 4 is 34.4 Å². The van der Waals surface area contributed by atoms with Crippen molar-refractivity contribution in [1.29, 1.82) is 0 Å². The monoisotopic (exact) mass is 515 g/mol. The SMILES string of the molecule is CC(=O)Nc1nc(CCc2ccc(OC(=O)NC(C)(C)C)cc2)c(CN2CCC[C@H]2C(=O)N(C)C)s1. The number of thiazole rings is 1. The molecule has 0 spiro atoms. The van der Waals surface area contributed by atoms with Gasteiger partial charge in [0.25, 0.3) is 0 Å². The van der Waals surface area contributed by atoms with Gasteiger partial charge in [0, 0.05) is 38.0 Å². The third kappa shape index (κ3) is 8.03. The van der Waals surface area contributed by atoms with Crippen LogP contribution in [0.15, 0.2) is 24.3 Å². The highest BCUT2D eigenvalue weighted by Gasteiger charge is 2.32. The van der Waals surface area contributed by atoms with Crippen LogP contribution in [0, 0.1) is 0 Å². The van der Waals surface area contributed by atoms with Crippen LogP contribution in [0.25, 0.3) is 0 Å². The van der Waals surface area contributed by atoms with Crippen molar-refractivity contribution in [1.82, 2.24) is 20.1 Å². The fraction of sp³-hybridized carbons (Fsp3) is 0.538. The molecule has 0 bridgehead atoms. The zero-order valence-electron chi connectivity index (χ0n) is 22.0. The Morgan fingerprint density at radius 2 is 1.86 bits per heavy atom. The van der Waals surface area contributed by atoms with Crippen molar-refractivity contribution in [3.8, 4) is 5.75 Å². The highest BCUT2D eigenvalue weighted by atomic mass is 32.1. The summed E-state index contributed by atoms with van der Waals surface area (Å²) < 4.78 is 5.35. The Morgan fingerprint density at radius 3 is 2.47 bits per heavy atom. The molecular weight excluding hydrogens is 478 g/mol. The van der Waals surface area contributed by atoms with Gasteiger partial charge in [-0.05, 0) is 70.7 Å². The number of carbonyl (C=O) groups is 3. The van der Waals surface area contributed by atoms with Crippen molar-refractivity contribution < 1.29 is 19.1 Å². The average Bonchev–Trinajstić information content (AvgIpc) is 3.37. The number of hydrogen-bond donors (Lipinski definition) is 2. The molecule has 0 saturated carbocycles.